The first-order valence-electron chi connectivity index (χ1n) is 6.66. The van der Waals surface area contributed by atoms with Crippen LogP contribution in [0, 0.1) is 6.92 Å². The highest BCUT2D eigenvalue weighted by Crippen LogP contribution is 2.26. The van der Waals surface area contributed by atoms with Crippen LogP contribution in [0.15, 0.2) is 24.5 Å². The second-order valence-electron chi connectivity index (χ2n) is 4.64. The Morgan fingerprint density at radius 2 is 2.20 bits per heavy atom. The fourth-order valence-corrected chi connectivity index (χ4v) is 2.06. The van der Waals surface area contributed by atoms with Crippen LogP contribution in [-0.4, -0.2) is 31.7 Å². The van der Waals surface area contributed by atoms with Crippen LogP contribution in [-0.2, 0) is 0 Å². The molecule has 3 heterocycles. The number of nitrogens with one attached hydrogen (secondary N) is 2. The van der Waals surface area contributed by atoms with Crippen molar-refractivity contribution in [2.24, 2.45) is 0 Å². The zero-order valence-electron chi connectivity index (χ0n) is 11.5. The largest absolute Gasteiger partial charge is 0.354 e. The Labute approximate surface area is 116 Å². The van der Waals surface area contributed by atoms with E-state index in [4.69, 9.17) is 0 Å². The van der Waals surface area contributed by atoms with E-state index in [0.29, 0.717) is 5.95 Å². The number of pyridine rings is 1. The maximum absolute atomic E-state index is 4.61. The average Bonchev–Trinajstić information content (AvgIpc) is 2.92. The third-order valence-electron chi connectivity index (χ3n) is 3.01. The fourth-order valence-electron chi connectivity index (χ4n) is 2.06. The van der Waals surface area contributed by atoms with Crippen LogP contribution in [0.1, 0.15) is 19.0 Å². The van der Waals surface area contributed by atoms with Crippen LogP contribution in [0.2, 0.25) is 0 Å². The number of rotatable bonds is 4. The van der Waals surface area contributed by atoms with Gasteiger partial charge < -0.3 is 5.32 Å². The summed E-state index contributed by atoms with van der Waals surface area (Å²) in [5.41, 5.74) is 3.59. The summed E-state index contributed by atoms with van der Waals surface area (Å²) >= 11 is 0. The predicted molar refractivity (Wildman–Crippen MR) is 78.4 cm³/mol. The molecule has 0 saturated carbocycles. The van der Waals surface area contributed by atoms with E-state index in [1.54, 1.807) is 12.4 Å². The molecular formula is C14H16N6. The number of aromatic amines is 1. The monoisotopic (exact) mass is 268 g/mol. The van der Waals surface area contributed by atoms with Gasteiger partial charge in [0, 0.05) is 24.0 Å². The van der Waals surface area contributed by atoms with Crippen molar-refractivity contribution in [3.8, 4) is 11.3 Å². The van der Waals surface area contributed by atoms with Crippen molar-refractivity contribution in [1.29, 1.82) is 0 Å². The summed E-state index contributed by atoms with van der Waals surface area (Å²) in [7, 11) is 0. The quantitative estimate of drug-likeness (QED) is 0.760. The molecule has 3 aromatic rings. The van der Waals surface area contributed by atoms with Crippen molar-refractivity contribution >= 4 is 17.0 Å². The molecule has 0 unspecified atom stereocenters. The minimum Gasteiger partial charge on any atom is -0.354 e. The third kappa shape index (κ3) is 2.32. The van der Waals surface area contributed by atoms with Crippen molar-refractivity contribution in [2.45, 2.75) is 20.3 Å². The van der Waals surface area contributed by atoms with Gasteiger partial charge in [-0.25, -0.2) is 4.98 Å². The van der Waals surface area contributed by atoms with Crippen LogP contribution >= 0.6 is 0 Å². The second kappa shape index (κ2) is 5.24. The summed E-state index contributed by atoms with van der Waals surface area (Å²) in [6.07, 6.45) is 4.57. The van der Waals surface area contributed by atoms with Crippen molar-refractivity contribution in [2.75, 3.05) is 11.9 Å². The highest BCUT2D eigenvalue weighted by Gasteiger charge is 2.11. The predicted octanol–water partition coefficient (Wildman–Crippen LogP) is 2.55. The van der Waals surface area contributed by atoms with Gasteiger partial charge in [-0.3, -0.25) is 10.1 Å². The molecule has 0 fully saturated rings. The maximum atomic E-state index is 4.61. The number of hydrogen-bond donors (Lipinski definition) is 2. The van der Waals surface area contributed by atoms with Crippen molar-refractivity contribution in [3.63, 3.8) is 0 Å². The van der Waals surface area contributed by atoms with Gasteiger partial charge in [0.05, 0.1) is 17.3 Å². The Morgan fingerprint density at radius 1 is 1.30 bits per heavy atom. The number of anilines is 1. The lowest BCUT2D eigenvalue weighted by Gasteiger charge is -2.07. The van der Waals surface area contributed by atoms with E-state index in [1.165, 1.54) is 0 Å². The van der Waals surface area contributed by atoms with Crippen LogP contribution < -0.4 is 5.32 Å². The van der Waals surface area contributed by atoms with E-state index in [1.807, 2.05) is 19.1 Å². The van der Waals surface area contributed by atoms with E-state index >= 15 is 0 Å². The Bertz CT molecular complexity index is 733. The third-order valence-corrected chi connectivity index (χ3v) is 3.01. The Balaban J connectivity index is 2.14. The molecule has 6 heteroatoms. The minimum absolute atomic E-state index is 0.619. The van der Waals surface area contributed by atoms with Crippen LogP contribution in [0.25, 0.3) is 22.3 Å². The first-order chi connectivity index (χ1) is 9.78. The van der Waals surface area contributed by atoms with Crippen molar-refractivity contribution < 1.29 is 0 Å². The molecule has 0 atom stereocenters. The van der Waals surface area contributed by atoms with Gasteiger partial charge >= 0.3 is 0 Å². The lowest BCUT2D eigenvalue weighted by atomic mass is 10.1. The smallest absolute Gasteiger partial charge is 0.225 e. The topological polar surface area (TPSA) is 79.4 Å². The van der Waals surface area contributed by atoms with Crippen molar-refractivity contribution in [1.82, 2.24) is 25.1 Å². The summed E-state index contributed by atoms with van der Waals surface area (Å²) in [6, 6.07) is 3.96. The standard InChI is InChI=1S/C14H16N6/c1-3-5-16-14-18-12(10-4-6-15-9(2)7-10)11-8-17-20-13(11)19-14/h4,6-8H,3,5H2,1-2H3,(H2,16,17,18,19,20). The van der Waals surface area contributed by atoms with Crippen LogP contribution in [0.3, 0.4) is 0 Å². The highest BCUT2D eigenvalue weighted by molar-refractivity contribution is 5.90. The molecule has 0 amide bonds. The molecule has 0 saturated heterocycles. The first kappa shape index (κ1) is 12.5. The van der Waals surface area contributed by atoms with Gasteiger partial charge in [0.15, 0.2) is 5.65 Å². The van der Waals surface area contributed by atoms with Gasteiger partial charge in [0.1, 0.15) is 0 Å². The van der Waals surface area contributed by atoms with Gasteiger partial charge in [-0.05, 0) is 25.5 Å². The van der Waals surface area contributed by atoms with E-state index in [2.05, 4.69) is 37.4 Å². The molecule has 102 valence electrons. The number of H-pyrrole nitrogens is 1. The van der Waals surface area contributed by atoms with E-state index in [-0.39, 0.29) is 0 Å². The first-order valence-corrected chi connectivity index (χ1v) is 6.66. The summed E-state index contributed by atoms with van der Waals surface area (Å²) in [6.45, 7) is 4.91. The Morgan fingerprint density at radius 3 is 3.00 bits per heavy atom. The SMILES string of the molecule is CCCNc1nc(-c2ccnc(C)c2)c2cn[nH]c2n1. The van der Waals surface area contributed by atoms with Gasteiger partial charge in [0.25, 0.3) is 0 Å². The molecule has 0 aromatic carbocycles. The Kier molecular flexibility index (Phi) is 3.28. The zero-order valence-corrected chi connectivity index (χ0v) is 11.5. The van der Waals surface area contributed by atoms with Gasteiger partial charge in [-0.1, -0.05) is 6.92 Å². The van der Waals surface area contributed by atoms with Crippen LogP contribution in [0.5, 0.6) is 0 Å². The minimum atomic E-state index is 0.619. The molecule has 6 nitrogen and oxygen atoms in total. The average molecular weight is 268 g/mol. The zero-order chi connectivity index (χ0) is 13.9. The normalized spacial score (nSPS) is 10.9. The number of aromatic nitrogens is 5. The van der Waals surface area contributed by atoms with Crippen molar-refractivity contribution in [3.05, 3.63) is 30.2 Å². The summed E-state index contributed by atoms with van der Waals surface area (Å²) < 4.78 is 0. The van der Waals surface area contributed by atoms with Gasteiger partial charge in [0.2, 0.25) is 5.95 Å². The maximum Gasteiger partial charge on any atom is 0.225 e. The van der Waals surface area contributed by atoms with Crippen LogP contribution in [0.4, 0.5) is 5.95 Å². The molecule has 3 rings (SSSR count). The molecule has 0 radical (unpaired) electrons. The molecule has 0 aliphatic carbocycles. The number of aryl methyl sites for hydroxylation is 1. The van der Waals surface area contributed by atoms with E-state index < -0.39 is 0 Å². The molecule has 3 aromatic heterocycles. The molecule has 0 aliphatic heterocycles. The molecule has 0 aliphatic rings. The van der Waals surface area contributed by atoms with Gasteiger partial charge in [-0.15, -0.1) is 0 Å². The number of fused-ring (bicyclic) bond motifs is 1. The van der Waals surface area contributed by atoms with E-state index in [9.17, 15) is 0 Å². The molecule has 20 heavy (non-hydrogen) atoms. The fraction of sp³-hybridized carbons (Fsp3) is 0.286. The molecule has 2 N–H and O–H groups in total. The molecule has 0 bridgehead atoms. The lowest BCUT2D eigenvalue weighted by molar-refractivity contribution is 0.955. The van der Waals surface area contributed by atoms with E-state index in [0.717, 1.165) is 41.0 Å². The second-order valence-corrected chi connectivity index (χ2v) is 4.64. The molecule has 0 spiro atoms. The number of nitrogens with zero attached hydrogens (tertiary/aromatic N) is 4. The number of hydrogen-bond acceptors (Lipinski definition) is 5. The summed E-state index contributed by atoms with van der Waals surface area (Å²) in [5, 5.41) is 11.1. The summed E-state index contributed by atoms with van der Waals surface area (Å²) in [4.78, 5) is 13.3. The highest BCUT2D eigenvalue weighted by atomic mass is 15.2. The van der Waals surface area contributed by atoms with Gasteiger partial charge in [-0.2, -0.15) is 10.1 Å². The molecular weight excluding hydrogens is 252 g/mol. The lowest BCUT2D eigenvalue weighted by Crippen LogP contribution is -2.05. The summed E-state index contributed by atoms with van der Waals surface area (Å²) in [5.74, 6) is 0.619. The Hall–Kier alpha value is -2.50.